The van der Waals surface area contributed by atoms with Gasteiger partial charge in [0.2, 0.25) is 0 Å². The number of carbonyl (C=O) groups is 1. The molecule has 2 N–H and O–H groups in total. The average Bonchev–Trinajstić information content (AvgIpc) is 2.98. The van der Waals surface area contributed by atoms with Crippen molar-refractivity contribution in [3.05, 3.63) is 132 Å². The molecule has 228 valence electrons. The van der Waals surface area contributed by atoms with Crippen LogP contribution in [0, 0.1) is 0 Å². The standard InChI is InChI=1S/C26H21F3N2O3.C10H14/c1-16(31-25(33)24-14-18-4-7-21(32)13-19(18)15-30-24)12-17-2-8-22(9-3-17)34-23-10-5-20(6-11-23)26(27,28)29;1-10(2,3)9-7-5-4-6-8-9/h2-11,13-16,32H,12H2,1H3,(H,31,33);4-8H,1-3H3/t16-;/m1./s1. The number of alkyl halides is 3. The molecule has 1 heterocycles. The zero-order chi connectivity index (χ0) is 31.9. The highest BCUT2D eigenvalue weighted by Gasteiger charge is 2.30. The van der Waals surface area contributed by atoms with Crippen LogP contribution in [0.1, 0.15) is 54.9 Å². The Morgan fingerprint density at radius 3 is 2.00 bits per heavy atom. The van der Waals surface area contributed by atoms with Crippen molar-refractivity contribution < 1.29 is 27.8 Å². The van der Waals surface area contributed by atoms with Gasteiger partial charge < -0.3 is 15.2 Å². The molecule has 0 aliphatic rings. The number of aromatic hydroxyl groups is 1. The van der Waals surface area contributed by atoms with Crippen molar-refractivity contribution in [2.24, 2.45) is 0 Å². The summed E-state index contributed by atoms with van der Waals surface area (Å²) in [6.45, 7) is 8.55. The number of nitrogens with zero attached hydrogens (tertiary/aromatic N) is 1. The van der Waals surface area contributed by atoms with E-state index in [0.717, 1.165) is 28.5 Å². The number of hydrogen-bond acceptors (Lipinski definition) is 4. The molecule has 5 rings (SSSR count). The van der Waals surface area contributed by atoms with E-state index in [2.05, 4.69) is 61.4 Å². The normalized spacial score (nSPS) is 12.2. The maximum atomic E-state index is 12.7. The third kappa shape index (κ3) is 9.07. The number of rotatable bonds is 6. The van der Waals surface area contributed by atoms with Gasteiger partial charge in [-0.25, -0.2) is 0 Å². The van der Waals surface area contributed by atoms with Gasteiger partial charge in [0.05, 0.1) is 5.56 Å². The monoisotopic (exact) mass is 600 g/mol. The average molecular weight is 601 g/mol. The lowest BCUT2D eigenvalue weighted by Crippen LogP contribution is -2.34. The van der Waals surface area contributed by atoms with E-state index in [9.17, 15) is 23.1 Å². The Morgan fingerprint density at radius 2 is 1.43 bits per heavy atom. The number of carbonyl (C=O) groups excluding carboxylic acids is 1. The third-order valence-electron chi connectivity index (χ3n) is 6.84. The van der Waals surface area contributed by atoms with E-state index in [1.54, 1.807) is 42.6 Å². The molecule has 5 aromatic rings. The second kappa shape index (κ2) is 13.6. The number of nitrogens with one attached hydrogen (secondary N) is 1. The Morgan fingerprint density at radius 1 is 0.818 bits per heavy atom. The molecule has 0 fully saturated rings. The minimum absolute atomic E-state index is 0.135. The molecule has 0 aliphatic heterocycles. The van der Waals surface area contributed by atoms with E-state index in [1.165, 1.54) is 17.7 Å². The number of phenols is 1. The Labute approximate surface area is 255 Å². The van der Waals surface area contributed by atoms with Gasteiger partial charge in [0.1, 0.15) is 22.9 Å². The molecule has 1 atom stereocenters. The smallest absolute Gasteiger partial charge is 0.416 e. The fraction of sp³-hybridized carbons (Fsp3) is 0.222. The zero-order valence-electron chi connectivity index (χ0n) is 25.0. The first-order valence-corrected chi connectivity index (χ1v) is 14.2. The Hall–Kier alpha value is -4.85. The highest BCUT2D eigenvalue weighted by Crippen LogP contribution is 2.31. The van der Waals surface area contributed by atoms with Crippen molar-refractivity contribution in [2.75, 3.05) is 0 Å². The van der Waals surface area contributed by atoms with Crippen LogP contribution in [0.3, 0.4) is 0 Å². The largest absolute Gasteiger partial charge is 0.508 e. The number of amides is 1. The van der Waals surface area contributed by atoms with E-state index < -0.39 is 11.7 Å². The summed E-state index contributed by atoms with van der Waals surface area (Å²) in [6.07, 6.45) is -2.28. The van der Waals surface area contributed by atoms with Crippen LogP contribution in [0.15, 0.2) is 109 Å². The molecule has 5 nitrogen and oxygen atoms in total. The molecule has 44 heavy (non-hydrogen) atoms. The Bertz CT molecular complexity index is 1680. The topological polar surface area (TPSA) is 71.5 Å². The van der Waals surface area contributed by atoms with Gasteiger partial charge in [-0.05, 0) is 89.9 Å². The minimum atomic E-state index is -4.39. The lowest BCUT2D eigenvalue weighted by molar-refractivity contribution is -0.137. The number of benzene rings is 4. The molecule has 0 saturated carbocycles. The van der Waals surface area contributed by atoms with Gasteiger partial charge in [0.15, 0.2) is 0 Å². The molecule has 0 radical (unpaired) electrons. The van der Waals surface area contributed by atoms with Crippen molar-refractivity contribution in [2.45, 2.75) is 51.7 Å². The number of phenolic OH excluding ortho intramolecular Hbond substituents is 1. The van der Waals surface area contributed by atoms with E-state index in [4.69, 9.17) is 4.74 Å². The van der Waals surface area contributed by atoms with Gasteiger partial charge >= 0.3 is 6.18 Å². The lowest BCUT2D eigenvalue weighted by atomic mass is 9.87. The van der Waals surface area contributed by atoms with Crippen LogP contribution in [0.4, 0.5) is 13.2 Å². The number of hydrogen-bond donors (Lipinski definition) is 2. The quantitative estimate of drug-likeness (QED) is 0.204. The first-order chi connectivity index (χ1) is 20.8. The maximum Gasteiger partial charge on any atom is 0.416 e. The van der Waals surface area contributed by atoms with Gasteiger partial charge in [-0.2, -0.15) is 13.2 Å². The molecule has 4 aromatic carbocycles. The molecule has 0 spiro atoms. The fourth-order valence-electron chi connectivity index (χ4n) is 4.44. The number of fused-ring (bicyclic) bond motifs is 1. The number of pyridine rings is 1. The van der Waals surface area contributed by atoms with Crippen LogP contribution in [0.25, 0.3) is 10.8 Å². The second-order valence-electron chi connectivity index (χ2n) is 11.6. The molecular weight excluding hydrogens is 565 g/mol. The van der Waals surface area contributed by atoms with Crippen LogP contribution in [0.2, 0.25) is 0 Å². The van der Waals surface area contributed by atoms with E-state index in [0.29, 0.717) is 23.3 Å². The number of halogens is 3. The van der Waals surface area contributed by atoms with Crippen molar-refractivity contribution >= 4 is 16.7 Å². The summed E-state index contributed by atoms with van der Waals surface area (Å²) in [6, 6.07) is 28.5. The highest BCUT2D eigenvalue weighted by molar-refractivity contribution is 5.96. The zero-order valence-corrected chi connectivity index (χ0v) is 25.0. The van der Waals surface area contributed by atoms with E-state index >= 15 is 0 Å². The summed E-state index contributed by atoms with van der Waals surface area (Å²) >= 11 is 0. The van der Waals surface area contributed by atoms with Gasteiger partial charge in [0, 0.05) is 17.6 Å². The summed E-state index contributed by atoms with van der Waals surface area (Å²) in [5, 5.41) is 14.0. The molecule has 0 bridgehead atoms. The molecule has 0 saturated heterocycles. The summed E-state index contributed by atoms with van der Waals surface area (Å²) in [5.74, 6) is 0.631. The number of ether oxygens (including phenoxy) is 1. The van der Waals surface area contributed by atoms with E-state index in [-0.39, 0.29) is 23.4 Å². The summed E-state index contributed by atoms with van der Waals surface area (Å²) < 4.78 is 43.6. The molecular formula is C36H35F3N2O3. The molecule has 0 unspecified atom stereocenters. The summed E-state index contributed by atoms with van der Waals surface area (Å²) in [5.41, 5.74) is 2.20. The van der Waals surface area contributed by atoms with Gasteiger partial charge in [-0.15, -0.1) is 0 Å². The van der Waals surface area contributed by atoms with Crippen LogP contribution in [-0.4, -0.2) is 22.0 Å². The van der Waals surface area contributed by atoms with Crippen molar-refractivity contribution in [1.29, 1.82) is 0 Å². The highest BCUT2D eigenvalue weighted by atomic mass is 19.4. The van der Waals surface area contributed by atoms with Gasteiger partial charge in [-0.1, -0.05) is 69.3 Å². The van der Waals surface area contributed by atoms with Crippen LogP contribution >= 0.6 is 0 Å². The molecule has 8 heteroatoms. The fourth-order valence-corrected chi connectivity index (χ4v) is 4.44. The van der Waals surface area contributed by atoms with Crippen molar-refractivity contribution in [3.63, 3.8) is 0 Å². The van der Waals surface area contributed by atoms with Gasteiger partial charge in [-0.3, -0.25) is 9.78 Å². The Balaban J connectivity index is 0.000000375. The number of aromatic nitrogens is 1. The van der Waals surface area contributed by atoms with E-state index in [1.807, 2.05) is 19.1 Å². The summed E-state index contributed by atoms with van der Waals surface area (Å²) in [7, 11) is 0. The predicted molar refractivity (Wildman–Crippen MR) is 167 cm³/mol. The first kappa shape index (κ1) is 32.1. The third-order valence-corrected chi connectivity index (χ3v) is 6.84. The van der Waals surface area contributed by atoms with Crippen LogP contribution < -0.4 is 10.1 Å². The SMILES string of the molecule is CC(C)(C)c1ccccc1.C[C@H](Cc1ccc(Oc2ccc(C(F)(F)F)cc2)cc1)NC(=O)c1cc2ccc(O)cc2cn1. The maximum absolute atomic E-state index is 12.7. The second-order valence-corrected chi connectivity index (χ2v) is 11.6. The molecule has 0 aliphatic carbocycles. The van der Waals surface area contributed by atoms with Crippen molar-refractivity contribution in [3.8, 4) is 17.2 Å². The molecule has 1 amide bonds. The molecule has 1 aromatic heterocycles. The minimum Gasteiger partial charge on any atom is -0.508 e. The van der Waals surface area contributed by atoms with Gasteiger partial charge in [0.25, 0.3) is 5.91 Å². The lowest BCUT2D eigenvalue weighted by Gasteiger charge is -2.18. The Kier molecular flexibility index (Phi) is 9.94. The predicted octanol–water partition coefficient (Wildman–Crippen LogP) is 9.10. The first-order valence-electron chi connectivity index (χ1n) is 14.2. The van der Waals surface area contributed by atoms with Crippen LogP contribution in [0.5, 0.6) is 17.2 Å². The summed E-state index contributed by atoms with van der Waals surface area (Å²) in [4.78, 5) is 16.8. The van der Waals surface area contributed by atoms with Crippen LogP contribution in [-0.2, 0) is 18.0 Å². The van der Waals surface area contributed by atoms with Crippen molar-refractivity contribution in [1.82, 2.24) is 10.3 Å².